The van der Waals surface area contributed by atoms with Crippen LogP contribution in [0.3, 0.4) is 0 Å². The maximum absolute atomic E-state index is 10.7. The molecule has 1 aromatic heterocycles. The molecule has 1 heterocycles. The van der Waals surface area contributed by atoms with E-state index in [0.717, 1.165) is 17.2 Å². The molecule has 0 amide bonds. The van der Waals surface area contributed by atoms with Crippen LogP contribution in [0.4, 0.5) is 0 Å². The van der Waals surface area contributed by atoms with Gasteiger partial charge >= 0.3 is 0 Å². The van der Waals surface area contributed by atoms with Crippen LogP contribution in [0.25, 0.3) is 10.9 Å². The Balaban J connectivity index is 2.91. The minimum Gasteiger partial charge on any atom is -0.341 e. The summed E-state index contributed by atoms with van der Waals surface area (Å²) in [5.74, 6) is 0. The predicted molar refractivity (Wildman–Crippen MR) is 58.3 cm³/mol. The van der Waals surface area contributed by atoms with Crippen LogP contribution in [0.15, 0.2) is 18.2 Å². The fraction of sp³-hybridized carbons (Fsp3) is 0.100. The summed E-state index contributed by atoms with van der Waals surface area (Å²) in [7, 11) is 1.82. The Morgan fingerprint density at radius 3 is 2.71 bits per heavy atom. The number of hydrogen-bond acceptors (Lipinski definition) is 1. The van der Waals surface area contributed by atoms with Crippen LogP contribution < -0.4 is 0 Å². The van der Waals surface area contributed by atoms with Gasteiger partial charge in [-0.2, -0.15) is 0 Å². The van der Waals surface area contributed by atoms with Crippen molar-refractivity contribution in [1.29, 1.82) is 0 Å². The van der Waals surface area contributed by atoms with Crippen molar-refractivity contribution in [3.8, 4) is 0 Å². The number of hydrogen-bond donors (Lipinski definition) is 0. The van der Waals surface area contributed by atoms with E-state index in [4.69, 9.17) is 23.2 Å². The molecule has 1 aromatic carbocycles. The third kappa shape index (κ3) is 1.22. The van der Waals surface area contributed by atoms with Crippen molar-refractivity contribution >= 4 is 40.4 Å². The van der Waals surface area contributed by atoms with E-state index in [1.54, 1.807) is 16.7 Å². The summed E-state index contributed by atoms with van der Waals surface area (Å²) >= 11 is 11.9. The van der Waals surface area contributed by atoms with Gasteiger partial charge in [0.05, 0.1) is 15.7 Å². The molecule has 0 aliphatic carbocycles. The van der Waals surface area contributed by atoms with Crippen molar-refractivity contribution < 1.29 is 4.79 Å². The van der Waals surface area contributed by atoms with Crippen LogP contribution in [0, 0.1) is 0 Å². The van der Waals surface area contributed by atoms with Gasteiger partial charge in [0.1, 0.15) is 0 Å². The highest BCUT2D eigenvalue weighted by molar-refractivity contribution is 6.45. The molecule has 2 rings (SSSR count). The van der Waals surface area contributed by atoms with E-state index in [1.807, 2.05) is 13.1 Å². The molecule has 0 saturated heterocycles. The molecule has 2 nitrogen and oxygen atoms in total. The summed E-state index contributed by atoms with van der Waals surface area (Å²) in [5.41, 5.74) is 1.49. The number of aromatic nitrogens is 1. The van der Waals surface area contributed by atoms with Crippen LogP contribution in [0.1, 0.15) is 10.5 Å². The SMILES string of the molecule is Cn1c(C=O)cc2c(Cl)c(Cl)ccc21. The van der Waals surface area contributed by atoms with Crippen molar-refractivity contribution in [2.75, 3.05) is 0 Å². The second kappa shape index (κ2) is 3.30. The van der Waals surface area contributed by atoms with Gasteiger partial charge in [0.25, 0.3) is 0 Å². The maximum Gasteiger partial charge on any atom is 0.166 e. The standard InChI is InChI=1S/C10H7Cl2NO/c1-13-6(5-14)4-7-9(13)3-2-8(11)10(7)12/h2-5H,1H3. The Kier molecular flexibility index (Phi) is 2.25. The summed E-state index contributed by atoms with van der Waals surface area (Å²) < 4.78 is 1.78. The molecule has 0 fully saturated rings. The zero-order chi connectivity index (χ0) is 10.3. The zero-order valence-electron chi connectivity index (χ0n) is 7.42. The van der Waals surface area contributed by atoms with Crippen molar-refractivity contribution in [3.63, 3.8) is 0 Å². The van der Waals surface area contributed by atoms with E-state index in [-0.39, 0.29) is 0 Å². The summed E-state index contributed by atoms with van der Waals surface area (Å²) in [6.45, 7) is 0. The molecule has 0 bridgehead atoms. The Morgan fingerprint density at radius 1 is 1.36 bits per heavy atom. The summed E-state index contributed by atoms with van der Waals surface area (Å²) in [6, 6.07) is 5.30. The smallest absolute Gasteiger partial charge is 0.166 e. The van der Waals surface area contributed by atoms with Gasteiger partial charge in [-0.1, -0.05) is 23.2 Å². The number of aryl methyl sites for hydroxylation is 1. The van der Waals surface area contributed by atoms with Crippen molar-refractivity contribution in [3.05, 3.63) is 33.9 Å². The van der Waals surface area contributed by atoms with Crippen molar-refractivity contribution in [2.24, 2.45) is 7.05 Å². The lowest BCUT2D eigenvalue weighted by Crippen LogP contribution is -1.92. The van der Waals surface area contributed by atoms with Crippen molar-refractivity contribution in [2.45, 2.75) is 0 Å². The van der Waals surface area contributed by atoms with Gasteiger partial charge in [-0.3, -0.25) is 4.79 Å². The Morgan fingerprint density at radius 2 is 2.07 bits per heavy atom. The molecule has 0 radical (unpaired) electrons. The fourth-order valence-electron chi connectivity index (χ4n) is 1.48. The molecule has 0 N–H and O–H groups in total. The summed E-state index contributed by atoms with van der Waals surface area (Å²) in [6.07, 6.45) is 0.796. The first kappa shape index (κ1) is 9.56. The monoisotopic (exact) mass is 227 g/mol. The number of nitrogens with zero attached hydrogens (tertiary/aromatic N) is 1. The van der Waals surface area contributed by atoms with Crippen LogP contribution in [-0.2, 0) is 7.05 Å². The highest BCUT2D eigenvalue weighted by Crippen LogP contribution is 2.31. The molecule has 4 heteroatoms. The van der Waals surface area contributed by atoms with Gasteiger partial charge in [-0.05, 0) is 18.2 Å². The number of rotatable bonds is 1. The van der Waals surface area contributed by atoms with E-state index >= 15 is 0 Å². The highest BCUT2D eigenvalue weighted by Gasteiger charge is 2.09. The Bertz CT molecular complexity index is 516. The van der Waals surface area contributed by atoms with E-state index in [9.17, 15) is 4.79 Å². The Labute approximate surface area is 91.0 Å². The number of benzene rings is 1. The molecule has 2 aromatic rings. The molecular formula is C10H7Cl2NO. The fourth-order valence-corrected chi connectivity index (χ4v) is 1.86. The lowest BCUT2D eigenvalue weighted by atomic mass is 10.2. The number of carbonyl (C=O) groups is 1. The topological polar surface area (TPSA) is 22.0 Å². The molecule has 0 unspecified atom stereocenters. The first-order chi connectivity index (χ1) is 6.65. The van der Waals surface area contributed by atoms with E-state index in [1.165, 1.54) is 0 Å². The van der Waals surface area contributed by atoms with Gasteiger partial charge < -0.3 is 4.57 Å². The average Bonchev–Trinajstić information content (AvgIpc) is 2.50. The lowest BCUT2D eigenvalue weighted by molar-refractivity contribution is 0.111. The second-order valence-electron chi connectivity index (χ2n) is 3.04. The summed E-state index contributed by atoms with van der Waals surface area (Å²) in [4.78, 5) is 10.7. The van der Waals surface area contributed by atoms with E-state index < -0.39 is 0 Å². The molecular weight excluding hydrogens is 221 g/mol. The first-order valence-corrected chi connectivity index (χ1v) is 4.79. The highest BCUT2D eigenvalue weighted by atomic mass is 35.5. The van der Waals surface area contributed by atoms with Crippen molar-refractivity contribution in [1.82, 2.24) is 4.57 Å². The molecule has 14 heavy (non-hydrogen) atoms. The number of halogens is 2. The number of fused-ring (bicyclic) bond motifs is 1. The van der Waals surface area contributed by atoms with Gasteiger partial charge in [-0.15, -0.1) is 0 Å². The maximum atomic E-state index is 10.7. The predicted octanol–water partition coefficient (Wildman–Crippen LogP) is 3.30. The number of aldehydes is 1. The largest absolute Gasteiger partial charge is 0.341 e. The first-order valence-electron chi connectivity index (χ1n) is 4.03. The van der Waals surface area contributed by atoms with Crippen LogP contribution >= 0.6 is 23.2 Å². The molecule has 0 aliphatic heterocycles. The third-order valence-electron chi connectivity index (χ3n) is 2.27. The van der Waals surface area contributed by atoms with Crippen LogP contribution in [0.5, 0.6) is 0 Å². The molecule has 72 valence electrons. The normalized spacial score (nSPS) is 10.8. The molecule has 0 atom stereocenters. The van der Waals surface area contributed by atoms with Gasteiger partial charge in [0.2, 0.25) is 0 Å². The lowest BCUT2D eigenvalue weighted by Gasteiger charge is -1.99. The molecule has 0 spiro atoms. The zero-order valence-corrected chi connectivity index (χ0v) is 8.93. The average molecular weight is 228 g/mol. The molecule has 0 saturated carbocycles. The quantitative estimate of drug-likeness (QED) is 0.686. The van der Waals surface area contributed by atoms with Gasteiger partial charge in [0.15, 0.2) is 6.29 Å². The van der Waals surface area contributed by atoms with E-state index in [2.05, 4.69) is 0 Å². The molecule has 0 aliphatic rings. The number of carbonyl (C=O) groups excluding carboxylic acids is 1. The van der Waals surface area contributed by atoms with Crippen LogP contribution in [0.2, 0.25) is 10.0 Å². The minimum absolute atomic E-state index is 0.493. The van der Waals surface area contributed by atoms with Crippen LogP contribution in [-0.4, -0.2) is 10.9 Å². The Hall–Kier alpha value is -0.990. The van der Waals surface area contributed by atoms with Gasteiger partial charge in [-0.25, -0.2) is 0 Å². The van der Waals surface area contributed by atoms with E-state index in [0.29, 0.717) is 15.7 Å². The summed E-state index contributed by atoms with van der Waals surface area (Å²) in [5, 5.41) is 1.80. The van der Waals surface area contributed by atoms with Gasteiger partial charge in [0, 0.05) is 18.0 Å². The second-order valence-corrected chi connectivity index (χ2v) is 3.83. The minimum atomic E-state index is 0.493. The third-order valence-corrected chi connectivity index (χ3v) is 3.09.